The number of benzene rings is 1. The summed E-state index contributed by atoms with van der Waals surface area (Å²) in [4.78, 5) is 14.2. The standard InChI is InChI=1S/C15H23N3O/c1-14(2)10-18(11-15(3,4)17-14)13(19)16-12-8-6-5-7-9-12/h5-9,17H,10-11H2,1-4H3,(H,16,19). The second-order valence-electron chi connectivity index (χ2n) is 6.55. The number of hydrogen-bond acceptors (Lipinski definition) is 2. The predicted octanol–water partition coefficient (Wildman–Crippen LogP) is 2.68. The van der Waals surface area contributed by atoms with Crippen LogP contribution in [0, 0.1) is 0 Å². The molecule has 2 rings (SSSR count). The molecule has 1 aromatic rings. The molecule has 1 saturated heterocycles. The van der Waals surface area contributed by atoms with Crippen LogP contribution >= 0.6 is 0 Å². The third-order valence-corrected chi connectivity index (χ3v) is 3.16. The molecule has 0 aromatic heterocycles. The summed E-state index contributed by atoms with van der Waals surface area (Å²) in [5.41, 5.74) is 0.688. The van der Waals surface area contributed by atoms with Crippen LogP contribution in [0.1, 0.15) is 27.7 Å². The van der Waals surface area contributed by atoms with E-state index in [-0.39, 0.29) is 17.1 Å². The monoisotopic (exact) mass is 261 g/mol. The molecule has 0 radical (unpaired) electrons. The zero-order valence-electron chi connectivity index (χ0n) is 12.2. The summed E-state index contributed by atoms with van der Waals surface area (Å²) in [7, 11) is 0. The van der Waals surface area contributed by atoms with E-state index in [9.17, 15) is 4.79 Å². The van der Waals surface area contributed by atoms with Gasteiger partial charge in [-0.2, -0.15) is 0 Å². The summed E-state index contributed by atoms with van der Waals surface area (Å²) >= 11 is 0. The lowest BCUT2D eigenvalue weighted by Crippen LogP contribution is -2.68. The lowest BCUT2D eigenvalue weighted by atomic mass is 9.92. The summed E-state index contributed by atoms with van der Waals surface area (Å²) < 4.78 is 0. The minimum Gasteiger partial charge on any atom is -0.321 e. The Balaban J connectivity index is 2.07. The molecular weight excluding hydrogens is 238 g/mol. The second-order valence-corrected chi connectivity index (χ2v) is 6.55. The Labute approximate surface area is 115 Å². The van der Waals surface area contributed by atoms with Crippen LogP contribution in [0.15, 0.2) is 30.3 Å². The van der Waals surface area contributed by atoms with Gasteiger partial charge in [0.05, 0.1) is 0 Å². The smallest absolute Gasteiger partial charge is 0.321 e. The number of nitrogens with one attached hydrogen (secondary N) is 2. The van der Waals surface area contributed by atoms with Crippen molar-refractivity contribution in [1.82, 2.24) is 10.2 Å². The summed E-state index contributed by atoms with van der Waals surface area (Å²) in [6.07, 6.45) is 0. The molecule has 0 aliphatic carbocycles. The third kappa shape index (κ3) is 3.70. The highest BCUT2D eigenvalue weighted by Crippen LogP contribution is 2.21. The molecule has 0 unspecified atom stereocenters. The van der Waals surface area contributed by atoms with Gasteiger partial charge in [-0.15, -0.1) is 0 Å². The first kappa shape index (κ1) is 13.9. The molecule has 1 fully saturated rings. The van der Waals surface area contributed by atoms with Crippen molar-refractivity contribution in [2.24, 2.45) is 0 Å². The van der Waals surface area contributed by atoms with Crippen molar-refractivity contribution in [3.63, 3.8) is 0 Å². The van der Waals surface area contributed by atoms with E-state index in [1.54, 1.807) is 0 Å². The number of hydrogen-bond donors (Lipinski definition) is 2. The molecule has 0 atom stereocenters. The van der Waals surface area contributed by atoms with Crippen LogP contribution in [0.25, 0.3) is 0 Å². The first-order chi connectivity index (χ1) is 8.77. The molecule has 0 bridgehead atoms. The SMILES string of the molecule is CC1(C)CN(C(=O)Nc2ccccc2)CC(C)(C)N1. The maximum absolute atomic E-state index is 12.3. The van der Waals surface area contributed by atoms with Gasteiger partial charge in [0.15, 0.2) is 0 Å². The van der Waals surface area contributed by atoms with Gasteiger partial charge >= 0.3 is 6.03 Å². The second kappa shape index (κ2) is 4.85. The van der Waals surface area contributed by atoms with Crippen LogP contribution in [-0.4, -0.2) is 35.1 Å². The molecular formula is C15H23N3O. The first-order valence-corrected chi connectivity index (χ1v) is 6.68. The zero-order chi connectivity index (χ0) is 14.1. The fourth-order valence-electron chi connectivity index (χ4n) is 2.87. The van der Waals surface area contributed by atoms with Crippen molar-refractivity contribution in [2.75, 3.05) is 18.4 Å². The van der Waals surface area contributed by atoms with Crippen LogP contribution in [0.4, 0.5) is 10.5 Å². The number of anilines is 1. The van der Waals surface area contributed by atoms with E-state index < -0.39 is 0 Å². The number of para-hydroxylation sites is 1. The highest BCUT2D eigenvalue weighted by Gasteiger charge is 2.38. The van der Waals surface area contributed by atoms with E-state index in [2.05, 4.69) is 38.3 Å². The third-order valence-electron chi connectivity index (χ3n) is 3.16. The number of piperazine rings is 1. The Morgan fingerprint density at radius 2 is 1.63 bits per heavy atom. The lowest BCUT2D eigenvalue weighted by Gasteiger charge is -2.48. The van der Waals surface area contributed by atoms with Crippen LogP contribution in [-0.2, 0) is 0 Å². The number of amides is 2. The van der Waals surface area contributed by atoms with Gasteiger partial charge in [0.2, 0.25) is 0 Å². The van der Waals surface area contributed by atoms with Crippen molar-refractivity contribution < 1.29 is 4.79 Å². The molecule has 0 spiro atoms. The van der Waals surface area contributed by atoms with E-state index in [1.807, 2.05) is 35.2 Å². The average molecular weight is 261 g/mol. The van der Waals surface area contributed by atoms with E-state index >= 15 is 0 Å². The molecule has 2 N–H and O–H groups in total. The Morgan fingerprint density at radius 3 is 2.16 bits per heavy atom. The van der Waals surface area contributed by atoms with Gasteiger partial charge in [-0.1, -0.05) is 18.2 Å². The van der Waals surface area contributed by atoms with Gasteiger partial charge < -0.3 is 15.5 Å². The summed E-state index contributed by atoms with van der Waals surface area (Å²) in [5.74, 6) is 0. The minimum atomic E-state index is -0.0736. The molecule has 2 amide bonds. The van der Waals surface area contributed by atoms with Gasteiger partial charge in [-0.25, -0.2) is 4.79 Å². The van der Waals surface area contributed by atoms with Gasteiger partial charge in [0, 0.05) is 29.9 Å². The molecule has 1 aliphatic rings. The topological polar surface area (TPSA) is 44.4 Å². The van der Waals surface area contributed by atoms with Crippen LogP contribution in [0.2, 0.25) is 0 Å². The van der Waals surface area contributed by atoms with Crippen LogP contribution < -0.4 is 10.6 Å². The maximum Gasteiger partial charge on any atom is 0.321 e. The molecule has 1 aromatic carbocycles. The van der Waals surface area contributed by atoms with Crippen molar-refractivity contribution in [1.29, 1.82) is 0 Å². The Kier molecular flexibility index (Phi) is 3.54. The maximum atomic E-state index is 12.3. The molecule has 1 heterocycles. The molecule has 1 aliphatic heterocycles. The van der Waals surface area contributed by atoms with Crippen molar-refractivity contribution >= 4 is 11.7 Å². The number of rotatable bonds is 1. The highest BCUT2D eigenvalue weighted by molar-refractivity contribution is 5.89. The zero-order valence-corrected chi connectivity index (χ0v) is 12.2. The van der Waals surface area contributed by atoms with E-state index in [0.717, 1.165) is 5.69 Å². The number of carbonyl (C=O) groups is 1. The number of urea groups is 1. The van der Waals surface area contributed by atoms with E-state index in [4.69, 9.17) is 0 Å². The highest BCUT2D eigenvalue weighted by atomic mass is 16.2. The minimum absolute atomic E-state index is 0.0335. The van der Waals surface area contributed by atoms with Gasteiger partial charge in [-0.05, 0) is 39.8 Å². The predicted molar refractivity (Wildman–Crippen MR) is 78.3 cm³/mol. The first-order valence-electron chi connectivity index (χ1n) is 6.68. The van der Waals surface area contributed by atoms with Gasteiger partial charge in [0.25, 0.3) is 0 Å². The van der Waals surface area contributed by atoms with Gasteiger partial charge in [0.1, 0.15) is 0 Å². The Morgan fingerprint density at radius 1 is 1.11 bits per heavy atom. The summed E-state index contributed by atoms with van der Waals surface area (Å²) in [6.45, 7) is 9.89. The molecule has 4 heteroatoms. The Bertz CT molecular complexity index is 438. The van der Waals surface area contributed by atoms with Crippen molar-refractivity contribution in [3.8, 4) is 0 Å². The molecule has 0 saturated carbocycles. The van der Waals surface area contributed by atoms with Gasteiger partial charge in [-0.3, -0.25) is 0 Å². The summed E-state index contributed by atoms with van der Waals surface area (Å²) in [5, 5.41) is 6.51. The quantitative estimate of drug-likeness (QED) is 0.816. The summed E-state index contributed by atoms with van der Waals surface area (Å²) in [6, 6.07) is 9.54. The number of carbonyl (C=O) groups excluding carboxylic acids is 1. The normalized spacial score (nSPS) is 20.9. The van der Waals surface area contributed by atoms with Crippen molar-refractivity contribution in [3.05, 3.63) is 30.3 Å². The fourth-order valence-corrected chi connectivity index (χ4v) is 2.87. The average Bonchev–Trinajstić information content (AvgIpc) is 2.26. The van der Waals surface area contributed by atoms with Crippen molar-refractivity contribution in [2.45, 2.75) is 38.8 Å². The van der Waals surface area contributed by atoms with E-state index in [1.165, 1.54) is 0 Å². The van der Waals surface area contributed by atoms with E-state index in [0.29, 0.717) is 13.1 Å². The van der Waals surface area contributed by atoms with Crippen LogP contribution in [0.5, 0.6) is 0 Å². The lowest BCUT2D eigenvalue weighted by molar-refractivity contribution is 0.102. The molecule has 104 valence electrons. The Hall–Kier alpha value is -1.55. The largest absolute Gasteiger partial charge is 0.321 e. The van der Waals surface area contributed by atoms with Crippen LogP contribution in [0.3, 0.4) is 0 Å². The molecule has 19 heavy (non-hydrogen) atoms. The fraction of sp³-hybridized carbons (Fsp3) is 0.533. The molecule has 4 nitrogen and oxygen atoms in total. The number of nitrogens with zero attached hydrogens (tertiary/aromatic N) is 1.